The Morgan fingerprint density at radius 1 is 1.59 bits per heavy atom. The van der Waals surface area contributed by atoms with Crippen molar-refractivity contribution in [2.45, 2.75) is 13.3 Å². The van der Waals surface area contributed by atoms with Crippen molar-refractivity contribution in [3.05, 3.63) is 23.9 Å². The van der Waals surface area contributed by atoms with Gasteiger partial charge in [-0.25, -0.2) is 4.98 Å². The number of nitrogens with zero attached hydrogens (tertiary/aromatic N) is 2. The average Bonchev–Trinajstić information content (AvgIpc) is 2.70. The standard InChI is InChI=1S/C12H14N2O3/c1-8-3-4-13-10(5-8)14-7-9(6-11(14)15)12(16)17-2/h3-5,9H,6-7H2,1-2H3. The largest absolute Gasteiger partial charge is 0.469 e. The van der Waals surface area contributed by atoms with Gasteiger partial charge in [0, 0.05) is 19.2 Å². The Morgan fingerprint density at radius 3 is 3.00 bits per heavy atom. The summed E-state index contributed by atoms with van der Waals surface area (Å²) in [5.41, 5.74) is 1.03. The molecule has 1 aromatic rings. The number of esters is 1. The summed E-state index contributed by atoms with van der Waals surface area (Å²) in [6, 6.07) is 3.69. The Hall–Kier alpha value is -1.91. The number of pyridine rings is 1. The molecule has 1 aliphatic heterocycles. The minimum Gasteiger partial charge on any atom is -0.469 e. The van der Waals surface area contributed by atoms with E-state index in [9.17, 15) is 9.59 Å². The molecule has 1 aromatic heterocycles. The molecule has 2 heterocycles. The first kappa shape index (κ1) is 11.6. The highest BCUT2D eigenvalue weighted by Crippen LogP contribution is 2.24. The van der Waals surface area contributed by atoms with Crippen molar-refractivity contribution < 1.29 is 14.3 Å². The van der Waals surface area contributed by atoms with Gasteiger partial charge in [0.15, 0.2) is 0 Å². The minimum absolute atomic E-state index is 0.0847. The lowest BCUT2D eigenvalue weighted by Crippen LogP contribution is -2.27. The normalized spacial score (nSPS) is 19.5. The molecule has 0 bridgehead atoms. The SMILES string of the molecule is COC(=O)C1CC(=O)N(c2cc(C)ccn2)C1. The molecule has 17 heavy (non-hydrogen) atoms. The number of ether oxygens (including phenoxy) is 1. The molecule has 0 spiro atoms. The summed E-state index contributed by atoms with van der Waals surface area (Å²) < 4.78 is 4.65. The fourth-order valence-electron chi connectivity index (χ4n) is 1.92. The number of rotatable bonds is 2. The molecule has 1 unspecified atom stereocenters. The van der Waals surface area contributed by atoms with Crippen molar-refractivity contribution >= 4 is 17.7 Å². The first-order valence-corrected chi connectivity index (χ1v) is 5.42. The van der Waals surface area contributed by atoms with Crippen LogP contribution in [0.25, 0.3) is 0 Å². The second-order valence-electron chi connectivity index (χ2n) is 4.12. The second-order valence-corrected chi connectivity index (χ2v) is 4.12. The number of aryl methyl sites for hydroxylation is 1. The Bertz CT molecular complexity index is 459. The highest BCUT2D eigenvalue weighted by molar-refractivity contribution is 5.98. The van der Waals surface area contributed by atoms with Crippen LogP contribution < -0.4 is 4.90 Å². The lowest BCUT2D eigenvalue weighted by molar-refractivity contribution is -0.145. The van der Waals surface area contributed by atoms with Crippen molar-refractivity contribution in [3.63, 3.8) is 0 Å². The van der Waals surface area contributed by atoms with Crippen LogP contribution in [0.3, 0.4) is 0 Å². The third kappa shape index (κ3) is 2.27. The van der Waals surface area contributed by atoms with E-state index in [1.807, 2.05) is 19.1 Å². The summed E-state index contributed by atoms with van der Waals surface area (Å²) in [7, 11) is 1.33. The molecule has 1 fully saturated rings. The van der Waals surface area contributed by atoms with Gasteiger partial charge in [-0.3, -0.25) is 14.5 Å². The molecule has 0 N–H and O–H groups in total. The predicted molar refractivity (Wildman–Crippen MR) is 61.5 cm³/mol. The fraction of sp³-hybridized carbons (Fsp3) is 0.417. The van der Waals surface area contributed by atoms with Crippen LogP contribution in [0.5, 0.6) is 0 Å². The van der Waals surface area contributed by atoms with Gasteiger partial charge in [-0.1, -0.05) is 0 Å². The summed E-state index contributed by atoms with van der Waals surface area (Å²) in [5, 5.41) is 0. The molecule has 0 aliphatic carbocycles. The number of amides is 1. The average molecular weight is 234 g/mol. The van der Waals surface area contributed by atoms with Crippen LogP contribution in [0.1, 0.15) is 12.0 Å². The van der Waals surface area contributed by atoms with Gasteiger partial charge in [-0.05, 0) is 24.6 Å². The zero-order valence-electron chi connectivity index (χ0n) is 9.84. The van der Waals surface area contributed by atoms with Crippen LogP contribution in [0.4, 0.5) is 5.82 Å². The van der Waals surface area contributed by atoms with Crippen molar-refractivity contribution in [1.82, 2.24) is 4.98 Å². The van der Waals surface area contributed by atoms with E-state index in [-0.39, 0.29) is 24.2 Å². The highest BCUT2D eigenvalue weighted by atomic mass is 16.5. The topological polar surface area (TPSA) is 59.5 Å². The number of aromatic nitrogens is 1. The van der Waals surface area contributed by atoms with Gasteiger partial charge < -0.3 is 4.74 Å². The highest BCUT2D eigenvalue weighted by Gasteiger charge is 2.36. The van der Waals surface area contributed by atoms with Crippen molar-refractivity contribution in [2.75, 3.05) is 18.6 Å². The van der Waals surface area contributed by atoms with Gasteiger partial charge in [-0.15, -0.1) is 0 Å². The van der Waals surface area contributed by atoms with Crippen LogP contribution >= 0.6 is 0 Å². The first-order valence-electron chi connectivity index (χ1n) is 5.42. The molecule has 90 valence electrons. The fourth-order valence-corrected chi connectivity index (χ4v) is 1.92. The molecule has 5 heteroatoms. The third-order valence-corrected chi connectivity index (χ3v) is 2.84. The predicted octanol–water partition coefficient (Wildman–Crippen LogP) is 0.916. The second kappa shape index (κ2) is 4.53. The molecule has 0 radical (unpaired) electrons. The quantitative estimate of drug-likeness (QED) is 0.714. The monoisotopic (exact) mass is 234 g/mol. The molecule has 0 saturated carbocycles. The van der Waals surface area contributed by atoms with Crippen LogP contribution in [-0.2, 0) is 14.3 Å². The van der Waals surface area contributed by atoms with Gasteiger partial charge in [-0.2, -0.15) is 0 Å². The zero-order valence-corrected chi connectivity index (χ0v) is 9.84. The van der Waals surface area contributed by atoms with Crippen molar-refractivity contribution in [1.29, 1.82) is 0 Å². The van der Waals surface area contributed by atoms with E-state index in [4.69, 9.17) is 0 Å². The Balaban J connectivity index is 2.18. The first-order chi connectivity index (χ1) is 8.11. The van der Waals surface area contributed by atoms with E-state index in [0.29, 0.717) is 12.4 Å². The molecule has 1 amide bonds. The molecule has 1 atom stereocenters. The minimum atomic E-state index is -0.380. The maximum Gasteiger partial charge on any atom is 0.311 e. The van der Waals surface area contributed by atoms with E-state index in [2.05, 4.69) is 9.72 Å². The lowest BCUT2D eigenvalue weighted by Gasteiger charge is -2.15. The smallest absolute Gasteiger partial charge is 0.311 e. The third-order valence-electron chi connectivity index (χ3n) is 2.84. The Labute approximate surface area is 99.4 Å². The summed E-state index contributed by atoms with van der Waals surface area (Å²) in [6.07, 6.45) is 1.85. The zero-order chi connectivity index (χ0) is 12.4. The van der Waals surface area contributed by atoms with Crippen molar-refractivity contribution in [3.8, 4) is 0 Å². The van der Waals surface area contributed by atoms with Gasteiger partial charge in [0.1, 0.15) is 5.82 Å². The molecule has 5 nitrogen and oxygen atoms in total. The lowest BCUT2D eigenvalue weighted by atomic mass is 10.1. The number of carbonyl (C=O) groups is 2. The molecular weight excluding hydrogens is 220 g/mol. The molecule has 1 aliphatic rings. The van der Waals surface area contributed by atoms with E-state index in [1.165, 1.54) is 12.0 Å². The molecule has 1 saturated heterocycles. The van der Waals surface area contributed by atoms with E-state index >= 15 is 0 Å². The number of hydrogen-bond donors (Lipinski definition) is 0. The summed E-state index contributed by atoms with van der Waals surface area (Å²) >= 11 is 0. The van der Waals surface area contributed by atoms with Crippen LogP contribution in [0.2, 0.25) is 0 Å². The summed E-state index contributed by atoms with van der Waals surface area (Å²) in [6.45, 7) is 2.28. The number of anilines is 1. The van der Waals surface area contributed by atoms with Gasteiger partial charge in [0.25, 0.3) is 0 Å². The van der Waals surface area contributed by atoms with Gasteiger partial charge in [0.2, 0.25) is 5.91 Å². The summed E-state index contributed by atoms with van der Waals surface area (Å²) in [5.74, 6) is -0.205. The van der Waals surface area contributed by atoms with Crippen LogP contribution in [-0.4, -0.2) is 30.5 Å². The maximum atomic E-state index is 11.8. The van der Waals surface area contributed by atoms with Gasteiger partial charge in [0.05, 0.1) is 13.0 Å². The van der Waals surface area contributed by atoms with Gasteiger partial charge >= 0.3 is 5.97 Å². The molecule has 2 rings (SSSR count). The van der Waals surface area contributed by atoms with E-state index in [0.717, 1.165) is 5.56 Å². The number of carbonyl (C=O) groups excluding carboxylic acids is 2. The number of methoxy groups -OCH3 is 1. The number of hydrogen-bond acceptors (Lipinski definition) is 4. The van der Waals surface area contributed by atoms with Crippen molar-refractivity contribution in [2.24, 2.45) is 5.92 Å². The van der Waals surface area contributed by atoms with Crippen LogP contribution in [0.15, 0.2) is 18.3 Å². The molecular formula is C12H14N2O3. The summed E-state index contributed by atoms with van der Waals surface area (Å²) in [4.78, 5) is 28.9. The van der Waals surface area contributed by atoms with Crippen LogP contribution in [0, 0.1) is 12.8 Å². The maximum absolute atomic E-state index is 11.8. The Morgan fingerprint density at radius 2 is 2.35 bits per heavy atom. The van der Waals surface area contributed by atoms with E-state index < -0.39 is 0 Å². The van der Waals surface area contributed by atoms with E-state index in [1.54, 1.807) is 6.20 Å². The Kier molecular flexibility index (Phi) is 3.08. The molecule has 0 aromatic carbocycles.